The van der Waals surface area contributed by atoms with Gasteiger partial charge in [0.1, 0.15) is 0 Å². The molecule has 0 aliphatic heterocycles. The van der Waals surface area contributed by atoms with Crippen molar-refractivity contribution in [3.8, 4) is 5.75 Å². The number of hydrogen-bond donors (Lipinski definition) is 3. The molecule has 5 rings (SSSR count). The molecule has 2 heterocycles. The number of aryl methyl sites for hydroxylation is 1. The number of nitrogens with zero attached hydrogens (tertiary/aromatic N) is 4. The summed E-state index contributed by atoms with van der Waals surface area (Å²) < 4.78 is 21.1. The Balaban J connectivity index is 1.41. The molecule has 9 nitrogen and oxygen atoms in total. The summed E-state index contributed by atoms with van der Waals surface area (Å²) in [6.07, 6.45) is 6.14. The minimum absolute atomic E-state index is 0.125. The Kier molecular flexibility index (Phi) is 6.04. The van der Waals surface area contributed by atoms with Crippen molar-refractivity contribution in [3.63, 3.8) is 0 Å². The molecule has 2 aromatic heterocycles. The number of amides is 1. The Labute approximate surface area is 201 Å². The van der Waals surface area contributed by atoms with Crippen molar-refractivity contribution in [1.82, 2.24) is 25.1 Å². The van der Waals surface area contributed by atoms with Crippen molar-refractivity contribution in [1.29, 1.82) is 0 Å². The molecule has 3 N–H and O–H groups in total. The molecule has 1 amide bonds. The maximum absolute atomic E-state index is 14.5. The lowest BCUT2D eigenvalue weighted by Gasteiger charge is -2.31. The first-order valence-corrected chi connectivity index (χ1v) is 11.2. The number of ether oxygens (including phenoxy) is 1. The number of halogens is 1. The summed E-state index contributed by atoms with van der Waals surface area (Å²) in [4.78, 5) is 22.1. The summed E-state index contributed by atoms with van der Waals surface area (Å²) in [7, 11) is 3.17. The van der Waals surface area contributed by atoms with Gasteiger partial charge in [-0.15, -0.1) is 0 Å². The zero-order valence-corrected chi connectivity index (χ0v) is 19.3. The van der Waals surface area contributed by atoms with Crippen molar-refractivity contribution >= 4 is 22.8 Å². The molecule has 1 aliphatic carbocycles. The molecule has 0 radical (unpaired) electrons. The second kappa shape index (κ2) is 9.30. The monoisotopic (exact) mass is 476 g/mol. The number of methoxy groups -OCH3 is 1. The summed E-state index contributed by atoms with van der Waals surface area (Å²) in [5.74, 6) is -0.282. The van der Waals surface area contributed by atoms with Gasteiger partial charge >= 0.3 is 0 Å². The van der Waals surface area contributed by atoms with Crippen molar-refractivity contribution in [3.05, 3.63) is 77.5 Å². The number of fused-ring (bicyclic) bond motifs is 1. The van der Waals surface area contributed by atoms with E-state index in [0.717, 1.165) is 5.39 Å². The van der Waals surface area contributed by atoms with Crippen LogP contribution in [0.15, 0.2) is 55.0 Å². The molecule has 1 atom stereocenters. The number of benzene rings is 2. The second-order valence-corrected chi connectivity index (χ2v) is 8.68. The first-order chi connectivity index (χ1) is 16.9. The third-order valence-electron chi connectivity index (χ3n) is 6.13. The zero-order valence-electron chi connectivity index (χ0n) is 19.3. The van der Waals surface area contributed by atoms with Crippen molar-refractivity contribution in [2.75, 3.05) is 12.4 Å². The van der Waals surface area contributed by atoms with Crippen LogP contribution in [0.5, 0.6) is 5.75 Å². The van der Waals surface area contributed by atoms with Gasteiger partial charge in [-0.25, -0.2) is 14.4 Å². The van der Waals surface area contributed by atoms with E-state index in [1.54, 1.807) is 54.6 Å². The van der Waals surface area contributed by atoms with Gasteiger partial charge in [0.15, 0.2) is 11.6 Å². The fraction of sp³-hybridized carbons (Fsp3) is 0.280. The largest absolute Gasteiger partial charge is 0.494 e. The number of hydrogen-bond acceptors (Lipinski definition) is 7. The van der Waals surface area contributed by atoms with E-state index >= 15 is 0 Å². The van der Waals surface area contributed by atoms with Gasteiger partial charge in [-0.1, -0.05) is 12.1 Å². The van der Waals surface area contributed by atoms with Crippen LogP contribution in [0, 0.1) is 5.82 Å². The molecule has 1 saturated carbocycles. The van der Waals surface area contributed by atoms with Gasteiger partial charge in [0.05, 0.1) is 31.0 Å². The van der Waals surface area contributed by atoms with Gasteiger partial charge < -0.3 is 20.5 Å². The predicted octanol–water partition coefficient (Wildman–Crippen LogP) is 2.97. The number of aliphatic hydroxyl groups excluding tert-OH is 1. The van der Waals surface area contributed by atoms with Crippen LogP contribution in [-0.4, -0.2) is 50.0 Å². The highest BCUT2D eigenvalue weighted by Gasteiger charge is 2.27. The van der Waals surface area contributed by atoms with Gasteiger partial charge in [-0.3, -0.25) is 9.48 Å². The Hall–Kier alpha value is -4.05. The van der Waals surface area contributed by atoms with Gasteiger partial charge in [0.25, 0.3) is 5.91 Å². The maximum atomic E-state index is 14.5. The Morgan fingerprint density at radius 2 is 2.03 bits per heavy atom. The molecule has 1 fully saturated rings. The number of nitrogens with one attached hydrogen (secondary N) is 2. The molecular formula is C25H25FN6O3. The number of rotatable bonds is 7. The van der Waals surface area contributed by atoms with Crippen LogP contribution in [-0.2, 0) is 7.05 Å². The van der Waals surface area contributed by atoms with Gasteiger partial charge in [0, 0.05) is 42.0 Å². The molecule has 0 spiro atoms. The Bertz CT molecular complexity index is 1380. The highest BCUT2D eigenvalue weighted by molar-refractivity contribution is 5.98. The number of aromatic nitrogens is 4. The van der Waals surface area contributed by atoms with Crippen molar-refractivity contribution in [2.45, 2.75) is 31.0 Å². The lowest BCUT2D eigenvalue weighted by molar-refractivity contribution is 0.0834. The first-order valence-electron chi connectivity index (χ1n) is 11.2. The molecule has 1 aliphatic rings. The van der Waals surface area contributed by atoms with Crippen LogP contribution in [0.2, 0.25) is 0 Å². The molecule has 0 bridgehead atoms. The van der Waals surface area contributed by atoms with Crippen LogP contribution >= 0.6 is 0 Å². The lowest BCUT2D eigenvalue weighted by atomic mass is 9.90. The maximum Gasteiger partial charge on any atom is 0.252 e. The third kappa shape index (κ3) is 4.78. The predicted molar refractivity (Wildman–Crippen MR) is 128 cm³/mol. The van der Waals surface area contributed by atoms with E-state index in [-0.39, 0.29) is 23.8 Å². The number of aliphatic hydroxyl groups is 1. The average Bonchev–Trinajstić information content (AvgIpc) is 3.26. The Morgan fingerprint density at radius 1 is 1.20 bits per heavy atom. The van der Waals surface area contributed by atoms with Crippen LogP contribution in [0.25, 0.3) is 10.9 Å². The minimum atomic E-state index is -0.625. The fourth-order valence-corrected chi connectivity index (χ4v) is 4.15. The molecule has 10 heteroatoms. The minimum Gasteiger partial charge on any atom is -0.494 e. The van der Waals surface area contributed by atoms with E-state index in [2.05, 4.69) is 25.7 Å². The third-order valence-corrected chi connectivity index (χ3v) is 6.13. The summed E-state index contributed by atoms with van der Waals surface area (Å²) in [6, 6.07) is 9.28. The summed E-state index contributed by atoms with van der Waals surface area (Å²) in [6.45, 7) is 0. The van der Waals surface area contributed by atoms with E-state index in [9.17, 15) is 14.3 Å². The molecule has 0 saturated heterocycles. The van der Waals surface area contributed by atoms with E-state index in [0.29, 0.717) is 41.0 Å². The standard InChI is InChI=1S/C25H25FN6O3/c1-32-13-17(12-28-32)23(14-5-6-22(35-2)20(26)7-14)31-24(34)15-3-4-16-11-27-25(30-21(16)8-15)29-18-9-19(33)10-18/h3-8,11-13,18-19,23,33H,9-10H2,1-2H3,(H,31,34)(H,27,29,30)/t18-,19+,23-/m0/s1. The van der Waals surface area contributed by atoms with Gasteiger partial charge in [0.2, 0.25) is 5.95 Å². The zero-order chi connectivity index (χ0) is 24.5. The second-order valence-electron chi connectivity index (χ2n) is 8.68. The van der Waals surface area contributed by atoms with E-state index in [1.165, 1.54) is 19.2 Å². The van der Waals surface area contributed by atoms with Crippen LogP contribution < -0.4 is 15.4 Å². The van der Waals surface area contributed by atoms with Crippen molar-refractivity contribution < 1.29 is 19.0 Å². The SMILES string of the molecule is COc1ccc([C@H](NC(=O)c2ccc3cnc(N[C@H]4C[C@@H](O)C4)nc3c2)c2cnn(C)c2)cc1F. The topological polar surface area (TPSA) is 114 Å². The van der Waals surface area contributed by atoms with E-state index in [1.807, 2.05) is 0 Å². The van der Waals surface area contributed by atoms with Gasteiger partial charge in [-0.2, -0.15) is 5.10 Å². The number of carbonyl (C=O) groups excluding carboxylic acids is 1. The highest BCUT2D eigenvalue weighted by atomic mass is 19.1. The molecule has 35 heavy (non-hydrogen) atoms. The summed E-state index contributed by atoms with van der Waals surface area (Å²) in [5, 5.41) is 20.7. The highest BCUT2D eigenvalue weighted by Crippen LogP contribution is 2.27. The van der Waals surface area contributed by atoms with Crippen LogP contribution in [0.3, 0.4) is 0 Å². The van der Waals surface area contributed by atoms with Crippen LogP contribution in [0.4, 0.5) is 10.3 Å². The smallest absolute Gasteiger partial charge is 0.252 e. The quantitative estimate of drug-likeness (QED) is 0.376. The molecular weight excluding hydrogens is 451 g/mol. The molecule has 180 valence electrons. The average molecular weight is 477 g/mol. The summed E-state index contributed by atoms with van der Waals surface area (Å²) in [5.41, 5.74) is 2.29. The molecule has 0 unspecified atom stereocenters. The molecule has 4 aromatic rings. The summed E-state index contributed by atoms with van der Waals surface area (Å²) >= 11 is 0. The lowest BCUT2D eigenvalue weighted by Crippen LogP contribution is -2.39. The van der Waals surface area contributed by atoms with E-state index < -0.39 is 11.9 Å². The molecule has 2 aromatic carbocycles. The van der Waals surface area contributed by atoms with Gasteiger partial charge in [-0.05, 0) is 42.7 Å². The fourth-order valence-electron chi connectivity index (χ4n) is 4.15. The first kappa shape index (κ1) is 22.7. The Morgan fingerprint density at radius 3 is 2.71 bits per heavy atom. The number of carbonyl (C=O) groups is 1. The van der Waals surface area contributed by atoms with E-state index in [4.69, 9.17) is 4.74 Å². The van der Waals surface area contributed by atoms with Crippen LogP contribution in [0.1, 0.15) is 40.4 Å². The normalized spacial score (nSPS) is 18.1. The number of anilines is 1. The van der Waals surface area contributed by atoms with Crippen molar-refractivity contribution in [2.24, 2.45) is 7.05 Å².